The Labute approximate surface area is 207 Å². The molecule has 0 N–H and O–H groups in total. The number of aromatic nitrogens is 2. The lowest BCUT2D eigenvalue weighted by Gasteiger charge is -2.41. The Morgan fingerprint density at radius 3 is 2.43 bits per heavy atom. The molecule has 0 bridgehead atoms. The summed E-state index contributed by atoms with van der Waals surface area (Å²) in [5.74, 6) is 0.230. The molecule has 35 heavy (non-hydrogen) atoms. The number of hydrogen-bond donors (Lipinski definition) is 0. The maximum atomic E-state index is 13.3. The SMILES string of the molecule is Cc1cccc(N2CCN(C(=O)c3ccc(-n4nc(C)c5c4CC(C)(C)CC5=O)cc3)C[C@H]2C)c1. The molecule has 2 heterocycles. The minimum absolute atomic E-state index is 0.0577. The molecule has 5 rings (SSSR count). The quantitative estimate of drug-likeness (QED) is 0.541. The van der Waals surface area contributed by atoms with Crippen LogP contribution in [0.4, 0.5) is 5.69 Å². The predicted molar refractivity (Wildman–Crippen MR) is 139 cm³/mol. The van der Waals surface area contributed by atoms with E-state index in [1.165, 1.54) is 11.3 Å². The second-order valence-electron chi connectivity index (χ2n) is 10.9. The molecule has 0 radical (unpaired) electrons. The van der Waals surface area contributed by atoms with Gasteiger partial charge in [0.1, 0.15) is 0 Å². The zero-order chi connectivity index (χ0) is 24.9. The van der Waals surface area contributed by atoms with Crippen molar-refractivity contribution >= 4 is 17.4 Å². The van der Waals surface area contributed by atoms with Gasteiger partial charge in [0, 0.05) is 43.3 Å². The molecule has 2 aromatic carbocycles. The molecule has 6 heteroatoms. The summed E-state index contributed by atoms with van der Waals surface area (Å²) in [7, 11) is 0. The van der Waals surface area contributed by atoms with Gasteiger partial charge in [-0.3, -0.25) is 9.59 Å². The monoisotopic (exact) mass is 470 g/mol. The number of rotatable bonds is 3. The highest BCUT2D eigenvalue weighted by molar-refractivity contribution is 6.00. The lowest BCUT2D eigenvalue weighted by molar-refractivity contribution is 0.0726. The van der Waals surface area contributed by atoms with Crippen LogP contribution >= 0.6 is 0 Å². The molecule has 6 nitrogen and oxygen atoms in total. The van der Waals surface area contributed by atoms with Crippen LogP contribution in [-0.4, -0.2) is 52.0 Å². The summed E-state index contributed by atoms with van der Waals surface area (Å²) in [6.07, 6.45) is 1.36. The first kappa shape index (κ1) is 23.3. The standard InChI is InChI=1S/C29H34N4O2/c1-19-7-6-8-24(15-19)32-14-13-31(18-20(32)2)28(35)22-9-11-23(12-10-22)33-25-16-29(4,5)17-26(34)27(25)21(3)30-33/h6-12,15,20H,13-14,16-18H2,1-5H3/t20-/m1/s1. The van der Waals surface area contributed by atoms with Crippen LogP contribution in [0.5, 0.6) is 0 Å². The molecule has 1 fully saturated rings. The van der Waals surface area contributed by atoms with E-state index in [-0.39, 0.29) is 23.1 Å². The minimum Gasteiger partial charge on any atom is -0.365 e. The van der Waals surface area contributed by atoms with Crippen LogP contribution in [0.2, 0.25) is 0 Å². The van der Waals surface area contributed by atoms with Gasteiger partial charge in [-0.15, -0.1) is 0 Å². The Morgan fingerprint density at radius 2 is 1.74 bits per heavy atom. The van der Waals surface area contributed by atoms with Crippen molar-refractivity contribution in [3.05, 3.63) is 76.6 Å². The number of Topliss-reactive ketones (excluding diaryl/α,β-unsaturated/α-hetero) is 1. The number of fused-ring (bicyclic) bond motifs is 1. The smallest absolute Gasteiger partial charge is 0.253 e. The van der Waals surface area contributed by atoms with Gasteiger partial charge < -0.3 is 9.80 Å². The van der Waals surface area contributed by atoms with Crippen molar-refractivity contribution in [1.29, 1.82) is 0 Å². The van der Waals surface area contributed by atoms with Gasteiger partial charge >= 0.3 is 0 Å². The predicted octanol–water partition coefficient (Wildman–Crippen LogP) is 5.00. The van der Waals surface area contributed by atoms with E-state index >= 15 is 0 Å². The third kappa shape index (κ3) is 4.38. The highest BCUT2D eigenvalue weighted by Crippen LogP contribution is 2.37. The van der Waals surface area contributed by atoms with Crippen LogP contribution in [0.3, 0.4) is 0 Å². The second-order valence-corrected chi connectivity index (χ2v) is 10.9. The van der Waals surface area contributed by atoms with Gasteiger partial charge in [0.05, 0.1) is 22.6 Å². The number of piperazine rings is 1. The minimum atomic E-state index is -0.0818. The fourth-order valence-corrected chi connectivity index (χ4v) is 5.61. The van der Waals surface area contributed by atoms with E-state index in [1.54, 1.807) is 0 Å². The van der Waals surface area contributed by atoms with Crippen molar-refractivity contribution in [1.82, 2.24) is 14.7 Å². The maximum Gasteiger partial charge on any atom is 0.253 e. The molecular weight excluding hydrogens is 436 g/mol. The van der Waals surface area contributed by atoms with Crippen molar-refractivity contribution in [3.8, 4) is 5.69 Å². The molecule has 0 saturated carbocycles. The van der Waals surface area contributed by atoms with Gasteiger partial charge in [-0.25, -0.2) is 4.68 Å². The van der Waals surface area contributed by atoms with Gasteiger partial charge in [0.2, 0.25) is 0 Å². The van der Waals surface area contributed by atoms with Gasteiger partial charge in [0.15, 0.2) is 5.78 Å². The van der Waals surface area contributed by atoms with Crippen molar-refractivity contribution in [2.75, 3.05) is 24.5 Å². The van der Waals surface area contributed by atoms with Gasteiger partial charge in [0.25, 0.3) is 5.91 Å². The maximum absolute atomic E-state index is 13.3. The molecule has 1 aliphatic heterocycles. The van der Waals surface area contributed by atoms with Gasteiger partial charge in [-0.1, -0.05) is 26.0 Å². The topological polar surface area (TPSA) is 58.4 Å². The second kappa shape index (κ2) is 8.67. The van der Waals surface area contributed by atoms with E-state index in [1.807, 2.05) is 40.8 Å². The van der Waals surface area contributed by atoms with Crippen molar-refractivity contribution < 1.29 is 9.59 Å². The summed E-state index contributed by atoms with van der Waals surface area (Å²) in [4.78, 5) is 30.4. The Bertz CT molecular complexity index is 1290. The van der Waals surface area contributed by atoms with Crippen LogP contribution in [-0.2, 0) is 6.42 Å². The molecule has 182 valence electrons. The number of hydrogen-bond acceptors (Lipinski definition) is 4. The average Bonchev–Trinajstić information content (AvgIpc) is 3.13. The molecule has 0 spiro atoms. The van der Waals surface area contributed by atoms with E-state index in [2.05, 4.69) is 56.9 Å². The van der Waals surface area contributed by atoms with Gasteiger partial charge in [-0.2, -0.15) is 5.10 Å². The Kier molecular flexibility index (Phi) is 5.78. The molecule has 1 amide bonds. The average molecular weight is 471 g/mol. The van der Waals surface area contributed by atoms with Crippen molar-refractivity contribution in [2.45, 2.75) is 53.5 Å². The zero-order valence-corrected chi connectivity index (χ0v) is 21.3. The van der Waals surface area contributed by atoms with Crippen LogP contribution in [0.15, 0.2) is 48.5 Å². The summed E-state index contributed by atoms with van der Waals surface area (Å²) in [6, 6.07) is 16.4. The summed E-state index contributed by atoms with van der Waals surface area (Å²) in [6.45, 7) is 12.6. The van der Waals surface area contributed by atoms with Crippen molar-refractivity contribution in [3.63, 3.8) is 0 Å². The summed E-state index contributed by atoms with van der Waals surface area (Å²) in [5, 5.41) is 4.69. The molecule has 3 aromatic rings. The Hall–Kier alpha value is -3.41. The Morgan fingerprint density at radius 1 is 1.00 bits per heavy atom. The first-order valence-electron chi connectivity index (χ1n) is 12.5. The van der Waals surface area contributed by atoms with Crippen molar-refractivity contribution in [2.24, 2.45) is 5.41 Å². The Balaban J connectivity index is 1.33. The van der Waals surface area contributed by atoms with E-state index in [9.17, 15) is 9.59 Å². The first-order valence-corrected chi connectivity index (χ1v) is 12.5. The summed E-state index contributed by atoms with van der Waals surface area (Å²) >= 11 is 0. The zero-order valence-electron chi connectivity index (χ0n) is 21.3. The lowest BCUT2D eigenvalue weighted by atomic mass is 9.75. The van der Waals surface area contributed by atoms with Crippen LogP contribution in [0.1, 0.15) is 64.9 Å². The molecular formula is C29H34N4O2. The number of aryl methyl sites for hydroxylation is 2. The highest BCUT2D eigenvalue weighted by Gasteiger charge is 2.36. The molecule has 2 aliphatic rings. The van der Waals surface area contributed by atoms with Crippen LogP contribution in [0.25, 0.3) is 5.69 Å². The molecule has 1 aliphatic carbocycles. The third-order valence-corrected chi connectivity index (χ3v) is 7.33. The number of carbonyl (C=O) groups is 2. The molecule has 1 saturated heterocycles. The fourth-order valence-electron chi connectivity index (χ4n) is 5.61. The first-order chi connectivity index (χ1) is 16.6. The van der Waals surface area contributed by atoms with E-state index in [4.69, 9.17) is 5.10 Å². The number of nitrogens with zero attached hydrogens (tertiary/aromatic N) is 4. The third-order valence-electron chi connectivity index (χ3n) is 7.33. The van der Waals surface area contributed by atoms with Crippen LogP contribution < -0.4 is 4.90 Å². The van der Waals surface area contributed by atoms with Crippen LogP contribution in [0, 0.1) is 19.3 Å². The number of anilines is 1. The molecule has 1 atom stereocenters. The normalized spacial score (nSPS) is 19.6. The van der Waals surface area contributed by atoms with E-state index in [0.29, 0.717) is 25.1 Å². The summed E-state index contributed by atoms with van der Waals surface area (Å²) in [5.41, 5.74) is 6.47. The molecule has 1 aromatic heterocycles. The van der Waals surface area contributed by atoms with E-state index in [0.717, 1.165) is 35.6 Å². The number of amides is 1. The largest absolute Gasteiger partial charge is 0.365 e. The number of carbonyl (C=O) groups excluding carboxylic acids is 2. The fraction of sp³-hybridized carbons (Fsp3) is 0.414. The summed E-state index contributed by atoms with van der Waals surface area (Å²) < 4.78 is 1.89. The van der Waals surface area contributed by atoms with E-state index < -0.39 is 0 Å². The molecule has 0 unspecified atom stereocenters. The highest BCUT2D eigenvalue weighted by atomic mass is 16.2. The lowest BCUT2D eigenvalue weighted by Crippen LogP contribution is -2.53. The number of benzene rings is 2. The number of ketones is 1. The van der Waals surface area contributed by atoms with Gasteiger partial charge in [-0.05, 0) is 74.6 Å².